The average Bonchev–Trinajstić information content (AvgIpc) is 3.13. The summed E-state index contributed by atoms with van der Waals surface area (Å²) in [6.45, 7) is 0.283. The summed E-state index contributed by atoms with van der Waals surface area (Å²) in [6, 6.07) is 5.83. The number of aromatic nitrogens is 2. The number of nitrogens with one attached hydrogen (secondary N) is 1. The van der Waals surface area contributed by atoms with Crippen LogP contribution in [0.15, 0.2) is 18.2 Å². The molecule has 0 radical (unpaired) electrons. The van der Waals surface area contributed by atoms with E-state index in [1.807, 2.05) is 25.2 Å². The number of aryl methyl sites for hydroxylation is 1. The number of ether oxygens (including phenoxy) is 2. The monoisotopic (exact) mass is 269 g/mol. The fraction of sp³-hybridized carbons (Fsp3) is 0.333. The summed E-state index contributed by atoms with van der Waals surface area (Å²) in [5.41, 5.74) is 3.38. The first-order valence-electron chi connectivity index (χ1n) is 6.83. The van der Waals surface area contributed by atoms with Gasteiger partial charge in [-0.25, -0.2) is 9.97 Å². The molecule has 0 saturated heterocycles. The summed E-state index contributed by atoms with van der Waals surface area (Å²) in [6.07, 6.45) is 3.25. The van der Waals surface area contributed by atoms with Crippen molar-refractivity contribution in [1.29, 1.82) is 0 Å². The summed E-state index contributed by atoms with van der Waals surface area (Å²) in [5.74, 6) is 3.23. The number of hydrogen-bond acceptors (Lipinski definition) is 5. The van der Waals surface area contributed by atoms with Crippen LogP contribution in [-0.2, 0) is 12.8 Å². The third-order valence-electron chi connectivity index (χ3n) is 3.80. The highest BCUT2D eigenvalue weighted by molar-refractivity contribution is 5.64. The molecule has 20 heavy (non-hydrogen) atoms. The van der Waals surface area contributed by atoms with Gasteiger partial charge in [-0.15, -0.1) is 0 Å². The van der Waals surface area contributed by atoms with Gasteiger partial charge in [0.2, 0.25) is 6.79 Å². The van der Waals surface area contributed by atoms with Gasteiger partial charge in [0, 0.05) is 23.9 Å². The Hall–Kier alpha value is -2.30. The van der Waals surface area contributed by atoms with Crippen molar-refractivity contribution in [3.63, 3.8) is 0 Å². The molecule has 0 bridgehead atoms. The van der Waals surface area contributed by atoms with Crippen molar-refractivity contribution >= 4 is 5.82 Å². The van der Waals surface area contributed by atoms with Crippen LogP contribution < -0.4 is 14.8 Å². The fourth-order valence-corrected chi connectivity index (χ4v) is 2.80. The van der Waals surface area contributed by atoms with Gasteiger partial charge in [-0.2, -0.15) is 0 Å². The molecular formula is C15H15N3O2. The summed E-state index contributed by atoms with van der Waals surface area (Å²) >= 11 is 0. The minimum atomic E-state index is 0.283. The SMILES string of the molecule is CNc1nc(-c2ccc3c(c2)OCO3)nc2c1CCC2. The van der Waals surface area contributed by atoms with Crippen LogP contribution in [0.4, 0.5) is 5.82 Å². The van der Waals surface area contributed by atoms with E-state index in [1.165, 1.54) is 5.56 Å². The molecule has 0 amide bonds. The highest BCUT2D eigenvalue weighted by Crippen LogP contribution is 2.36. The molecule has 102 valence electrons. The van der Waals surface area contributed by atoms with Gasteiger partial charge < -0.3 is 14.8 Å². The largest absolute Gasteiger partial charge is 0.454 e. The minimum Gasteiger partial charge on any atom is -0.454 e. The van der Waals surface area contributed by atoms with E-state index in [0.29, 0.717) is 0 Å². The molecular weight excluding hydrogens is 254 g/mol. The molecule has 0 unspecified atom stereocenters. The first-order chi connectivity index (χ1) is 9.85. The maximum atomic E-state index is 5.42. The number of fused-ring (bicyclic) bond motifs is 2. The van der Waals surface area contributed by atoms with Crippen LogP contribution in [0, 0.1) is 0 Å². The Morgan fingerprint density at radius 1 is 1.10 bits per heavy atom. The average molecular weight is 269 g/mol. The van der Waals surface area contributed by atoms with Crippen molar-refractivity contribution in [3.8, 4) is 22.9 Å². The first kappa shape index (κ1) is 11.5. The van der Waals surface area contributed by atoms with Gasteiger partial charge >= 0.3 is 0 Å². The quantitative estimate of drug-likeness (QED) is 0.907. The summed E-state index contributed by atoms with van der Waals surface area (Å²) in [4.78, 5) is 9.35. The van der Waals surface area contributed by atoms with E-state index >= 15 is 0 Å². The van der Waals surface area contributed by atoms with E-state index in [0.717, 1.165) is 53.7 Å². The number of nitrogens with zero attached hydrogens (tertiary/aromatic N) is 2. The van der Waals surface area contributed by atoms with Crippen LogP contribution in [0.5, 0.6) is 11.5 Å². The molecule has 0 saturated carbocycles. The lowest BCUT2D eigenvalue weighted by molar-refractivity contribution is 0.174. The van der Waals surface area contributed by atoms with E-state index < -0.39 is 0 Å². The lowest BCUT2D eigenvalue weighted by atomic mass is 10.1. The summed E-state index contributed by atoms with van der Waals surface area (Å²) in [7, 11) is 1.91. The van der Waals surface area contributed by atoms with Crippen LogP contribution >= 0.6 is 0 Å². The normalized spacial score (nSPS) is 15.2. The van der Waals surface area contributed by atoms with Gasteiger partial charge in [0.1, 0.15) is 5.82 Å². The zero-order valence-electron chi connectivity index (χ0n) is 11.3. The number of anilines is 1. The Balaban J connectivity index is 1.82. The topological polar surface area (TPSA) is 56.3 Å². The van der Waals surface area contributed by atoms with Crippen LogP contribution in [0.2, 0.25) is 0 Å². The zero-order valence-corrected chi connectivity index (χ0v) is 11.3. The van der Waals surface area contributed by atoms with Crippen molar-refractivity contribution < 1.29 is 9.47 Å². The van der Waals surface area contributed by atoms with E-state index in [-0.39, 0.29) is 6.79 Å². The molecule has 2 heterocycles. The maximum Gasteiger partial charge on any atom is 0.231 e. The Kier molecular flexibility index (Phi) is 2.52. The standard InChI is InChI=1S/C15H15N3O2/c1-16-15-10-3-2-4-11(10)17-14(18-15)9-5-6-12-13(7-9)20-8-19-12/h5-7H,2-4,8H2,1H3,(H,16,17,18). The Morgan fingerprint density at radius 3 is 2.90 bits per heavy atom. The Bertz CT molecular complexity index is 685. The smallest absolute Gasteiger partial charge is 0.231 e. The molecule has 1 aromatic carbocycles. The summed E-state index contributed by atoms with van der Waals surface area (Å²) < 4.78 is 10.7. The molecule has 5 nitrogen and oxygen atoms in total. The zero-order chi connectivity index (χ0) is 13.5. The first-order valence-corrected chi connectivity index (χ1v) is 6.83. The van der Waals surface area contributed by atoms with Crippen molar-refractivity contribution in [2.75, 3.05) is 19.2 Å². The Labute approximate surface area is 117 Å². The predicted octanol–water partition coefficient (Wildman–Crippen LogP) is 2.40. The highest BCUT2D eigenvalue weighted by atomic mass is 16.7. The lowest BCUT2D eigenvalue weighted by Gasteiger charge is -2.09. The van der Waals surface area contributed by atoms with Gasteiger partial charge in [-0.05, 0) is 37.5 Å². The second kappa shape index (κ2) is 4.37. The van der Waals surface area contributed by atoms with E-state index in [2.05, 4.69) is 10.3 Å². The highest BCUT2D eigenvalue weighted by Gasteiger charge is 2.20. The molecule has 0 spiro atoms. The summed E-state index contributed by atoms with van der Waals surface area (Å²) in [5, 5.41) is 3.18. The molecule has 2 aliphatic rings. The van der Waals surface area contributed by atoms with Crippen molar-refractivity contribution in [2.24, 2.45) is 0 Å². The molecule has 1 N–H and O–H groups in total. The third kappa shape index (κ3) is 1.70. The van der Waals surface area contributed by atoms with Crippen LogP contribution in [0.25, 0.3) is 11.4 Å². The molecule has 0 fully saturated rings. The number of hydrogen-bond donors (Lipinski definition) is 1. The molecule has 4 rings (SSSR count). The predicted molar refractivity (Wildman–Crippen MR) is 75.2 cm³/mol. The van der Waals surface area contributed by atoms with Gasteiger partial charge in [0.05, 0.1) is 0 Å². The molecule has 1 aromatic heterocycles. The van der Waals surface area contributed by atoms with Crippen LogP contribution in [0.3, 0.4) is 0 Å². The van der Waals surface area contributed by atoms with Crippen molar-refractivity contribution in [1.82, 2.24) is 9.97 Å². The van der Waals surface area contributed by atoms with Gasteiger partial charge in [-0.3, -0.25) is 0 Å². The Morgan fingerprint density at radius 2 is 2.00 bits per heavy atom. The van der Waals surface area contributed by atoms with Gasteiger partial charge in [0.25, 0.3) is 0 Å². The van der Waals surface area contributed by atoms with E-state index in [9.17, 15) is 0 Å². The third-order valence-corrected chi connectivity index (χ3v) is 3.80. The van der Waals surface area contributed by atoms with Crippen molar-refractivity contribution in [3.05, 3.63) is 29.5 Å². The minimum absolute atomic E-state index is 0.283. The van der Waals surface area contributed by atoms with Crippen molar-refractivity contribution in [2.45, 2.75) is 19.3 Å². The number of benzene rings is 1. The lowest BCUT2D eigenvalue weighted by Crippen LogP contribution is -2.03. The molecule has 5 heteroatoms. The molecule has 2 aromatic rings. The maximum absolute atomic E-state index is 5.42. The molecule has 1 aliphatic carbocycles. The fourth-order valence-electron chi connectivity index (χ4n) is 2.80. The van der Waals surface area contributed by atoms with Gasteiger partial charge in [-0.1, -0.05) is 0 Å². The van der Waals surface area contributed by atoms with Crippen LogP contribution in [-0.4, -0.2) is 23.8 Å². The van der Waals surface area contributed by atoms with Gasteiger partial charge in [0.15, 0.2) is 17.3 Å². The van der Waals surface area contributed by atoms with E-state index in [4.69, 9.17) is 14.5 Å². The van der Waals surface area contributed by atoms with Crippen LogP contribution in [0.1, 0.15) is 17.7 Å². The second-order valence-electron chi connectivity index (χ2n) is 4.99. The molecule has 0 atom stereocenters. The van der Waals surface area contributed by atoms with E-state index in [1.54, 1.807) is 0 Å². The second-order valence-corrected chi connectivity index (χ2v) is 4.99. The molecule has 1 aliphatic heterocycles. The number of rotatable bonds is 2.